The average Bonchev–Trinajstić information content (AvgIpc) is 2.33. The zero-order valence-electron chi connectivity index (χ0n) is 10.4. The van der Waals surface area contributed by atoms with Crippen molar-refractivity contribution in [2.75, 3.05) is 18.1 Å². The van der Waals surface area contributed by atoms with Crippen molar-refractivity contribution in [1.29, 1.82) is 0 Å². The van der Waals surface area contributed by atoms with E-state index in [1.807, 2.05) is 0 Å². The first kappa shape index (κ1) is 14.2. The largest absolute Gasteiger partial charge is 0.444 e. The number of carbonyl (C=O) groups excluding carboxylic acids is 1. The Bertz CT molecular complexity index is 386. The van der Waals surface area contributed by atoms with E-state index in [2.05, 4.69) is 5.32 Å². The molecule has 1 amide bonds. The van der Waals surface area contributed by atoms with Crippen LogP contribution in [0.4, 0.5) is 4.79 Å². The molecule has 3 N–H and O–H groups in total. The molecule has 0 radical (unpaired) electrons. The Morgan fingerprint density at radius 1 is 1.41 bits per heavy atom. The molecule has 0 unspecified atom stereocenters. The average molecular weight is 264 g/mol. The molecule has 1 saturated heterocycles. The third-order valence-corrected chi connectivity index (χ3v) is 4.26. The van der Waals surface area contributed by atoms with Gasteiger partial charge in [0.2, 0.25) is 0 Å². The van der Waals surface area contributed by atoms with Crippen LogP contribution in [0.1, 0.15) is 20.8 Å². The first-order valence-electron chi connectivity index (χ1n) is 5.52. The second kappa shape index (κ2) is 4.81. The number of hydrogen-bond donors (Lipinski definition) is 2. The quantitative estimate of drug-likeness (QED) is 0.724. The fraction of sp³-hybridized carbons (Fsp3) is 0.900. The van der Waals surface area contributed by atoms with Crippen molar-refractivity contribution >= 4 is 15.9 Å². The Labute approximate surface area is 102 Å². The molecule has 7 heteroatoms. The lowest BCUT2D eigenvalue weighted by molar-refractivity contribution is 0.0520. The van der Waals surface area contributed by atoms with Gasteiger partial charge in [-0.1, -0.05) is 0 Å². The van der Waals surface area contributed by atoms with E-state index in [0.717, 1.165) is 0 Å². The summed E-state index contributed by atoms with van der Waals surface area (Å²) in [6, 6.07) is -0.407. The lowest BCUT2D eigenvalue weighted by Crippen LogP contribution is -2.40. The molecule has 0 aromatic rings. The van der Waals surface area contributed by atoms with E-state index in [9.17, 15) is 13.2 Å². The van der Waals surface area contributed by atoms with Crippen LogP contribution in [-0.4, -0.2) is 44.2 Å². The number of rotatable bonds is 2. The van der Waals surface area contributed by atoms with Gasteiger partial charge in [-0.3, -0.25) is 0 Å². The predicted octanol–water partition coefficient (Wildman–Crippen LogP) is -0.117. The van der Waals surface area contributed by atoms with Gasteiger partial charge in [-0.2, -0.15) is 0 Å². The summed E-state index contributed by atoms with van der Waals surface area (Å²) in [4.78, 5) is 11.4. The number of hydrogen-bond acceptors (Lipinski definition) is 5. The number of alkyl carbamates (subject to hydrolysis) is 1. The number of amides is 1. The molecule has 0 saturated carbocycles. The molecule has 0 aliphatic carbocycles. The first-order valence-corrected chi connectivity index (χ1v) is 7.34. The highest BCUT2D eigenvalue weighted by Gasteiger charge is 2.35. The second-order valence-corrected chi connectivity index (χ2v) is 7.54. The van der Waals surface area contributed by atoms with E-state index in [4.69, 9.17) is 10.5 Å². The molecule has 0 bridgehead atoms. The van der Waals surface area contributed by atoms with E-state index in [1.165, 1.54) is 0 Å². The Morgan fingerprint density at radius 3 is 2.41 bits per heavy atom. The second-order valence-electron chi connectivity index (χ2n) is 5.38. The van der Waals surface area contributed by atoms with Crippen molar-refractivity contribution in [3.8, 4) is 0 Å². The first-order chi connectivity index (χ1) is 7.59. The zero-order valence-corrected chi connectivity index (χ0v) is 11.2. The molecule has 2 atom stereocenters. The lowest BCUT2D eigenvalue weighted by Gasteiger charge is -2.21. The molecule has 100 valence electrons. The monoisotopic (exact) mass is 264 g/mol. The maximum atomic E-state index is 11.4. The fourth-order valence-electron chi connectivity index (χ4n) is 1.69. The van der Waals surface area contributed by atoms with Crippen molar-refractivity contribution < 1.29 is 17.9 Å². The van der Waals surface area contributed by atoms with Crippen molar-refractivity contribution in [2.24, 2.45) is 11.7 Å². The van der Waals surface area contributed by atoms with Crippen molar-refractivity contribution in [1.82, 2.24) is 5.32 Å². The summed E-state index contributed by atoms with van der Waals surface area (Å²) < 4.78 is 27.6. The van der Waals surface area contributed by atoms with E-state index in [-0.39, 0.29) is 24.0 Å². The van der Waals surface area contributed by atoms with E-state index in [1.54, 1.807) is 20.8 Å². The standard InChI is InChI=1S/C10H20N2O4S/c1-10(2,3)16-9(13)12-4-7-5-17(14,15)6-8(7)11/h7-8H,4-6,11H2,1-3H3,(H,12,13)/t7-,8-/m1/s1. The summed E-state index contributed by atoms with van der Waals surface area (Å²) in [5.41, 5.74) is 5.14. The van der Waals surface area contributed by atoms with Crippen LogP contribution < -0.4 is 11.1 Å². The van der Waals surface area contributed by atoms with E-state index >= 15 is 0 Å². The number of ether oxygens (including phenoxy) is 1. The molecular weight excluding hydrogens is 244 g/mol. The summed E-state index contributed by atoms with van der Waals surface area (Å²) in [5, 5.41) is 2.54. The molecule has 1 heterocycles. The van der Waals surface area contributed by atoms with Gasteiger partial charge in [0, 0.05) is 18.5 Å². The minimum Gasteiger partial charge on any atom is -0.444 e. The maximum Gasteiger partial charge on any atom is 0.407 e. The van der Waals surface area contributed by atoms with Gasteiger partial charge in [0.15, 0.2) is 9.84 Å². The van der Waals surface area contributed by atoms with Gasteiger partial charge in [0.1, 0.15) is 5.60 Å². The Kier molecular flexibility index (Phi) is 4.03. The summed E-state index contributed by atoms with van der Waals surface area (Å²) in [5.74, 6) is -0.204. The Hall–Kier alpha value is -0.820. The molecule has 6 nitrogen and oxygen atoms in total. The van der Waals surface area contributed by atoms with Crippen LogP contribution in [0.25, 0.3) is 0 Å². The van der Waals surface area contributed by atoms with Gasteiger partial charge in [0.05, 0.1) is 11.5 Å². The van der Waals surface area contributed by atoms with Crippen LogP contribution in [0.3, 0.4) is 0 Å². The van der Waals surface area contributed by atoms with Crippen molar-refractivity contribution in [3.05, 3.63) is 0 Å². The molecule has 17 heavy (non-hydrogen) atoms. The molecule has 1 rings (SSSR count). The normalized spacial score (nSPS) is 27.8. The van der Waals surface area contributed by atoms with Gasteiger partial charge in [-0.15, -0.1) is 0 Å². The maximum absolute atomic E-state index is 11.4. The highest BCUT2D eigenvalue weighted by atomic mass is 32.2. The van der Waals surface area contributed by atoms with Crippen LogP contribution in [0.2, 0.25) is 0 Å². The molecule has 0 aromatic carbocycles. The van der Waals surface area contributed by atoms with Crippen LogP contribution in [0, 0.1) is 5.92 Å². The van der Waals surface area contributed by atoms with Crippen molar-refractivity contribution in [3.63, 3.8) is 0 Å². The fourth-order valence-corrected chi connectivity index (χ4v) is 3.70. The summed E-state index contributed by atoms with van der Waals surface area (Å²) in [6.45, 7) is 5.52. The molecular formula is C10H20N2O4S. The number of nitrogens with one attached hydrogen (secondary N) is 1. The Balaban J connectivity index is 2.40. The number of nitrogens with two attached hydrogens (primary N) is 1. The van der Waals surface area contributed by atoms with E-state index < -0.39 is 27.6 Å². The highest BCUT2D eigenvalue weighted by molar-refractivity contribution is 7.91. The van der Waals surface area contributed by atoms with E-state index in [0.29, 0.717) is 0 Å². The smallest absolute Gasteiger partial charge is 0.407 e. The molecule has 1 aliphatic rings. The molecule has 1 fully saturated rings. The molecule has 0 aromatic heterocycles. The van der Waals surface area contributed by atoms with Gasteiger partial charge in [0.25, 0.3) is 0 Å². The highest BCUT2D eigenvalue weighted by Crippen LogP contribution is 2.17. The third-order valence-electron chi connectivity index (χ3n) is 2.43. The zero-order chi connectivity index (χ0) is 13.3. The van der Waals surface area contributed by atoms with Crippen molar-refractivity contribution in [2.45, 2.75) is 32.4 Å². The minimum absolute atomic E-state index is 0.00628. The van der Waals surface area contributed by atoms with Gasteiger partial charge >= 0.3 is 6.09 Å². The minimum atomic E-state index is -3.04. The lowest BCUT2D eigenvalue weighted by atomic mass is 10.1. The van der Waals surface area contributed by atoms with Crippen LogP contribution >= 0.6 is 0 Å². The van der Waals surface area contributed by atoms with Gasteiger partial charge in [-0.05, 0) is 20.8 Å². The number of carbonyl (C=O) groups is 1. The van der Waals surface area contributed by atoms with Crippen LogP contribution in [-0.2, 0) is 14.6 Å². The predicted molar refractivity (Wildman–Crippen MR) is 64.4 cm³/mol. The summed E-state index contributed by atoms with van der Waals surface area (Å²) in [7, 11) is -3.04. The summed E-state index contributed by atoms with van der Waals surface area (Å²) >= 11 is 0. The van der Waals surface area contributed by atoms with Crippen LogP contribution in [0.15, 0.2) is 0 Å². The van der Waals surface area contributed by atoms with Gasteiger partial charge < -0.3 is 15.8 Å². The number of sulfone groups is 1. The SMILES string of the molecule is CC(C)(C)OC(=O)NC[C@@H]1CS(=O)(=O)C[C@H]1N. The Morgan fingerprint density at radius 2 is 2.00 bits per heavy atom. The van der Waals surface area contributed by atoms with Gasteiger partial charge in [-0.25, -0.2) is 13.2 Å². The third kappa shape index (κ3) is 4.91. The molecule has 1 aliphatic heterocycles. The summed E-state index contributed by atoms with van der Waals surface area (Å²) in [6.07, 6.45) is -0.547. The topological polar surface area (TPSA) is 98.5 Å². The molecule has 0 spiro atoms. The van der Waals surface area contributed by atoms with Crippen LogP contribution in [0.5, 0.6) is 0 Å².